The molecule has 10 heteroatoms. The lowest BCUT2D eigenvalue weighted by Crippen LogP contribution is -2.32. The number of nitrogens with zero attached hydrogens (tertiary/aromatic N) is 5. The van der Waals surface area contributed by atoms with Crippen LogP contribution >= 0.6 is 11.6 Å². The number of anilines is 2. The molecule has 0 radical (unpaired) electrons. The maximum absolute atomic E-state index is 11.8. The third-order valence-electron chi connectivity index (χ3n) is 5.57. The van der Waals surface area contributed by atoms with E-state index in [0.29, 0.717) is 31.2 Å². The molecule has 0 spiro atoms. The molecule has 1 unspecified atom stereocenters. The zero-order chi connectivity index (χ0) is 22.1. The van der Waals surface area contributed by atoms with Crippen molar-refractivity contribution in [3.8, 4) is 0 Å². The van der Waals surface area contributed by atoms with Gasteiger partial charge in [-0.2, -0.15) is 9.61 Å². The Morgan fingerprint density at radius 1 is 1.25 bits per heavy atom. The SMILES string of the molecule is CC(Nc1ccnc2ccnn12)c1cc2cccc(Cl)c2nc1NCCN1CCNC1=O. The quantitative estimate of drug-likeness (QED) is 0.398. The molecular formula is C22H23ClN8O. The predicted octanol–water partition coefficient (Wildman–Crippen LogP) is 3.54. The van der Waals surface area contributed by atoms with Crippen LogP contribution in [-0.2, 0) is 0 Å². The van der Waals surface area contributed by atoms with Gasteiger partial charge in [-0.3, -0.25) is 0 Å². The summed E-state index contributed by atoms with van der Waals surface area (Å²) in [7, 11) is 0. The van der Waals surface area contributed by atoms with Crippen molar-refractivity contribution in [2.45, 2.75) is 13.0 Å². The Kier molecular flexibility index (Phi) is 5.40. The molecule has 4 aromatic rings. The summed E-state index contributed by atoms with van der Waals surface area (Å²) in [4.78, 5) is 22.8. The smallest absolute Gasteiger partial charge is 0.317 e. The highest BCUT2D eigenvalue weighted by molar-refractivity contribution is 6.35. The van der Waals surface area contributed by atoms with E-state index in [4.69, 9.17) is 16.6 Å². The number of nitrogens with one attached hydrogen (secondary N) is 3. The number of benzene rings is 1. The molecule has 4 heterocycles. The van der Waals surface area contributed by atoms with Crippen molar-refractivity contribution < 1.29 is 4.79 Å². The van der Waals surface area contributed by atoms with E-state index in [-0.39, 0.29) is 12.1 Å². The normalized spacial score (nSPS) is 14.7. The molecule has 0 bridgehead atoms. The van der Waals surface area contributed by atoms with Crippen LogP contribution in [-0.4, -0.2) is 56.7 Å². The molecule has 1 saturated heterocycles. The van der Waals surface area contributed by atoms with E-state index in [0.717, 1.165) is 33.7 Å². The van der Waals surface area contributed by atoms with Crippen molar-refractivity contribution in [3.63, 3.8) is 0 Å². The lowest BCUT2D eigenvalue weighted by atomic mass is 10.1. The van der Waals surface area contributed by atoms with Crippen LogP contribution in [0.1, 0.15) is 18.5 Å². The molecule has 1 aliphatic rings. The number of rotatable bonds is 7. The number of aromatic nitrogens is 4. The van der Waals surface area contributed by atoms with Crippen molar-refractivity contribution >= 4 is 45.8 Å². The minimum absolute atomic E-state index is 0.0301. The minimum atomic E-state index is -0.0849. The Bertz CT molecular complexity index is 1290. The van der Waals surface area contributed by atoms with Crippen LogP contribution in [0.3, 0.4) is 0 Å². The van der Waals surface area contributed by atoms with Gasteiger partial charge in [-0.1, -0.05) is 23.7 Å². The zero-order valence-electron chi connectivity index (χ0n) is 17.5. The number of para-hydroxylation sites is 1. The van der Waals surface area contributed by atoms with Gasteiger partial charge in [0, 0.05) is 49.4 Å². The van der Waals surface area contributed by atoms with Crippen LogP contribution in [0, 0.1) is 0 Å². The van der Waals surface area contributed by atoms with Gasteiger partial charge in [0.1, 0.15) is 11.6 Å². The van der Waals surface area contributed by atoms with E-state index < -0.39 is 0 Å². The Hall–Kier alpha value is -3.59. The Morgan fingerprint density at radius 2 is 2.16 bits per heavy atom. The van der Waals surface area contributed by atoms with Gasteiger partial charge in [-0.15, -0.1) is 0 Å². The molecule has 5 rings (SSSR count). The van der Waals surface area contributed by atoms with Crippen LogP contribution in [0.4, 0.5) is 16.4 Å². The molecule has 32 heavy (non-hydrogen) atoms. The van der Waals surface area contributed by atoms with E-state index in [1.54, 1.807) is 21.8 Å². The monoisotopic (exact) mass is 450 g/mol. The van der Waals surface area contributed by atoms with E-state index in [2.05, 4.69) is 39.0 Å². The summed E-state index contributed by atoms with van der Waals surface area (Å²) >= 11 is 6.41. The second-order valence-corrected chi connectivity index (χ2v) is 8.09. The average molecular weight is 451 g/mol. The second-order valence-electron chi connectivity index (χ2n) is 7.68. The average Bonchev–Trinajstić information content (AvgIpc) is 3.43. The van der Waals surface area contributed by atoms with Crippen LogP contribution < -0.4 is 16.0 Å². The largest absolute Gasteiger partial charge is 0.368 e. The van der Waals surface area contributed by atoms with Gasteiger partial charge >= 0.3 is 6.03 Å². The summed E-state index contributed by atoms with van der Waals surface area (Å²) in [6.45, 7) is 4.64. The molecule has 0 saturated carbocycles. The first kappa shape index (κ1) is 20.3. The maximum Gasteiger partial charge on any atom is 0.317 e. The van der Waals surface area contributed by atoms with Crippen LogP contribution in [0.2, 0.25) is 5.02 Å². The van der Waals surface area contributed by atoms with Gasteiger partial charge in [0.15, 0.2) is 5.65 Å². The van der Waals surface area contributed by atoms with E-state index in [1.807, 2.05) is 30.3 Å². The number of carbonyl (C=O) groups excluding carboxylic acids is 1. The van der Waals surface area contributed by atoms with Crippen molar-refractivity contribution in [2.75, 3.05) is 36.8 Å². The van der Waals surface area contributed by atoms with Gasteiger partial charge in [-0.05, 0) is 25.1 Å². The fraction of sp³-hybridized carbons (Fsp3) is 0.273. The highest BCUT2D eigenvalue weighted by Gasteiger charge is 2.20. The maximum atomic E-state index is 11.8. The number of fused-ring (bicyclic) bond motifs is 2. The molecule has 0 aliphatic carbocycles. The van der Waals surface area contributed by atoms with Gasteiger partial charge in [0.2, 0.25) is 0 Å². The van der Waals surface area contributed by atoms with Crippen molar-refractivity contribution in [1.29, 1.82) is 0 Å². The first-order chi connectivity index (χ1) is 15.6. The highest BCUT2D eigenvalue weighted by Crippen LogP contribution is 2.31. The lowest BCUT2D eigenvalue weighted by molar-refractivity contribution is 0.219. The number of amides is 2. The first-order valence-corrected chi connectivity index (χ1v) is 10.9. The molecule has 1 aromatic carbocycles. The number of urea groups is 1. The zero-order valence-corrected chi connectivity index (χ0v) is 18.3. The predicted molar refractivity (Wildman–Crippen MR) is 125 cm³/mol. The molecule has 3 N–H and O–H groups in total. The molecule has 2 amide bonds. The van der Waals surface area contributed by atoms with Gasteiger partial charge in [-0.25, -0.2) is 14.8 Å². The summed E-state index contributed by atoms with van der Waals surface area (Å²) in [5.41, 5.74) is 2.50. The third-order valence-corrected chi connectivity index (χ3v) is 5.87. The lowest BCUT2D eigenvalue weighted by Gasteiger charge is -2.21. The summed E-state index contributed by atoms with van der Waals surface area (Å²) < 4.78 is 1.76. The van der Waals surface area contributed by atoms with Crippen molar-refractivity contribution in [3.05, 3.63) is 59.4 Å². The highest BCUT2D eigenvalue weighted by atomic mass is 35.5. The summed E-state index contributed by atoms with van der Waals surface area (Å²) in [5, 5.41) is 15.7. The van der Waals surface area contributed by atoms with Crippen LogP contribution in [0.25, 0.3) is 16.6 Å². The Balaban J connectivity index is 1.45. The van der Waals surface area contributed by atoms with Gasteiger partial charge < -0.3 is 20.9 Å². The van der Waals surface area contributed by atoms with E-state index in [9.17, 15) is 4.79 Å². The van der Waals surface area contributed by atoms with Crippen molar-refractivity contribution in [2.24, 2.45) is 0 Å². The molecule has 3 aromatic heterocycles. The molecule has 1 fully saturated rings. The number of halogens is 1. The van der Waals surface area contributed by atoms with Crippen LogP contribution in [0.5, 0.6) is 0 Å². The topological polar surface area (TPSA) is 99.5 Å². The molecule has 1 aliphatic heterocycles. The summed E-state index contributed by atoms with van der Waals surface area (Å²) in [6.07, 6.45) is 3.48. The van der Waals surface area contributed by atoms with Crippen molar-refractivity contribution in [1.82, 2.24) is 29.8 Å². The summed E-state index contributed by atoms with van der Waals surface area (Å²) in [5.74, 6) is 1.56. The number of hydrogen-bond acceptors (Lipinski definition) is 6. The van der Waals surface area contributed by atoms with Crippen LogP contribution in [0.15, 0.2) is 48.8 Å². The Morgan fingerprint density at radius 3 is 3.00 bits per heavy atom. The number of hydrogen-bond donors (Lipinski definition) is 3. The fourth-order valence-electron chi connectivity index (χ4n) is 3.93. The Labute approximate surface area is 189 Å². The molecular weight excluding hydrogens is 428 g/mol. The van der Waals surface area contributed by atoms with Gasteiger partial charge in [0.25, 0.3) is 0 Å². The minimum Gasteiger partial charge on any atom is -0.368 e. The standard InChI is InChI=1S/C22H23ClN8O/c1-14(28-19-5-7-24-18-6-8-27-31(18)19)16-13-15-3-2-4-17(23)20(15)29-21(16)25-9-11-30-12-10-26-22(30)32/h2-8,13-14,28H,9-12H2,1H3,(H,25,29)(H,26,32). The number of carbonyl (C=O) groups is 1. The summed E-state index contributed by atoms with van der Waals surface area (Å²) in [6, 6.07) is 11.5. The number of pyridine rings is 1. The third kappa shape index (κ3) is 3.87. The van der Waals surface area contributed by atoms with E-state index in [1.165, 1.54) is 0 Å². The molecule has 1 atom stereocenters. The fourth-order valence-corrected chi connectivity index (χ4v) is 4.15. The second kappa shape index (κ2) is 8.51. The van der Waals surface area contributed by atoms with Gasteiger partial charge in [0.05, 0.1) is 22.8 Å². The molecule has 9 nitrogen and oxygen atoms in total. The van der Waals surface area contributed by atoms with E-state index >= 15 is 0 Å². The first-order valence-electron chi connectivity index (χ1n) is 10.5. The molecule has 164 valence electrons.